The Morgan fingerprint density at radius 1 is 1.21 bits per heavy atom. The van der Waals surface area contributed by atoms with E-state index in [0.29, 0.717) is 18.0 Å². The van der Waals surface area contributed by atoms with Crippen LogP contribution in [0.3, 0.4) is 0 Å². The van der Waals surface area contributed by atoms with Crippen LogP contribution in [0.15, 0.2) is 42.6 Å². The van der Waals surface area contributed by atoms with E-state index in [1.54, 1.807) is 6.20 Å². The summed E-state index contributed by atoms with van der Waals surface area (Å²) in [5.74, 6) is 0.901. The minimum Gasteiger partial charge on any atom is -0.330 e. The van der Waals surface area contributed by atoms with Crippen LogP contribution < -0.4 is 5.73 Å². The molecule has 2 N–H and O–H groups in total. The standard InChI is InChI=1S/C14H13ClN4/c15-10-3-1-4-11(9-10)19-13(6-7-16)18-12-5-2-8-17-14(12)19/h1-5,8-9H,6-7,16H2. The maximum atomic E-state index is 6.06. The molecule has 1 aromatic carbocycles. The zero-order chi connectivity index (χ0) is 13.2. The predicted molar refractivity (Wildman–Crippen MR) is 76.6 cm³/mol. The lowest BCUT2D eigenvalue weighted by Crippen LogP contribution is -2.09. The Bertz CT molecular complexity index is 720. The van der Waals surface area contributed by atoms with Gasteiger partial charge >= 0.3 is 0 Å². The Morgan fingerprint density at radius 2 is 2.11 bits per heavy atom. The molecule has 0 atom stereocenters. The van der Waals surface area contributed by atoms with E-state index >= 15 is 0 Å². The van der Waals surface area contributed by atoms with Crippen LogP contribution in [0.1, 0.15) is 5.82 Å². The first-order chi connectivity index (χ1) is 9.29. The van der Waals surface area contributed by atoms with Crippen LogP contribution in [0, 0.1) is 0 Å². The Kier molecular flexibility index (Phi) is 3.19. The first-order valence-electron chi connectivity index (χ1n) is 6.08. The molecule has 0 saturated carbocycles. The molecule has 0 aliphatic heterocycles. The summed E-state index contributed by atoms with van der Waals surface area (Å²) in [5, 5.41) is 0.689. The normalized spacial score (nSPS) is 11.1. The SMILES string of the molecule is NCCc1nc2cccnc2n1-c1cccc(Cl)c1. The summed E-state index contributed by atoms with van der Waals surface area (Å²) >= 11 is 6.06. The highest BCUT2D eigenvalue weighted by atomic mass is 35.5. The van der Waals surface area contributed by atoms with Gasteiger partial charge in [-0.15, -0.1) is 0 Å². The van der Waals surface area contributed by atoms with Gasteiger partial charge in [-0.2, -0.15) is 0 Å². The van der Waals surface area contributed by atoms with Gasteiger partial charge in [0.25, 0.3) is 0 Å². The molecule has 5 heteroatoms. The molecule has 0 unspecified atom stereocenters. The number of rotatable bonds is 3. The van der Waals surface area contributed by atoms with Crippen LogP contribution in [-0.2, 0) is 6.42 Å². The molecular formula is C14H13ClN4. The van der Waals surface area contributed by atoms with Gasteiger partial charge in [-0.25, -0.2) is 9.97 Å². The molecule has 0 bridgehead atoms. The Morgan fingerprint density at radius 3 is 2.89 bits per heavy atom. The van der Waals surface area contributed by atoms with Crippen molar-refractivity contribution in [2.45, 2.75) is 6.42 Å². The number of nitrogens with two attached hydrogens (primary N) is 1. The molecule has 0 amide bonds. The van der Waals surface area contributed by atoms with E-state index in [2.05, 4.69) is 9.97 Å². The first kappa shape index (κ1) is 12.1. The molecule has 0 aliphatic rings. The molecule has 0 radical (unpaired) electrons. The maximum absolute atomic E-state index is 6.06. The zero-order valence-corrected chi connectivity index (χ0v) is 11.0. The zero-order valence-electron chi connectivity index (χ0n) is 10.3. The van der Waals surface area contributed by atoms with Crippen LogP contribution in [0.4, 0.5) is 0 Å². The van der Waals surface area contributed by atoms with Crippen LogP contribution in [0.5, 0.6) is 0 Å². The molecule has 2 aromatic heterocycles. The Balaban J connectivity index is 2.28. The summed E-state index contributed by atoms with van der Waals surface area (Å²) < 4.78 is 2.01. The van der Waals surface area contributed by atoms with Crippen molar-refractivity contribution in [1.82, 2.24) is 14.5 Å². The number of imidazole rings is 1. The van der Waals surface area contributed by atoms with E-state index < -0.39 is 0 Å². The van der Waals surface area contributed by atoms with Crippen molar-refractivity contribution in [1.29, 1.82) is 0 Å². The summed E-state index contributed by atoms with van der Waals surface area (Å²) in [6.45, 7) is 0.546. The summed E-state index contributed by atoms with van der Waals surface area (Å²) in [6, 6.07) is 11.5. The van der Waals surface area contributed by atoms with Gasteiger partial charge in [0.1, 0.15) is 11.3 Å². The van der Waals surface area contributed by atoms with Crippen molar-refractivity contribution < 1.29 is 0 Å². The van der Waals surface area contributed by atoms with E-state index in [-0.39, 0.29) is 0 Å². The summed E-state index contributed by atoms with van der Waals surface area (Å²) in [7, 11) is 0. The van der Waals surface area contributed by atoms with Crippen molar-refractivity contribution in [2.75, 3.05) is 6.54 Å². The van der Waals surface area contributed by atoms with Crippen molar-refractivity contribution in [2.24, 2.45) is 5.73 Å². The molecule has 2 heterocycles. The first-order valence-corrected chi connectivity index (χ1v) is 6.46. The third kappa shape index (κ3) is 2.20. The molecule has 0 spiro atoms. The molecule has 19 heavy (non-hydrogen) atoms. The molecule has 96 valence electrons. The lowest BCUT2D eigenvalue weighted by atomic mass is 10.3. The number of hydrogen-bond donors (Lipinski definition) is 1. The minimum atomic E-state index is 0.546. The summed E-state index contributed by atoms with van der Waals surface area (Å²) in [5.41, 5.74) is 8.31. The average molecular weight is 273 g/mol. The monoisotopic (exact) mass is 272 g/mol. The van der Waals surface area contributed by atoms with E-state index in [9.17, 15) is 0 Å². The third-order valence-electron chi connectivity index (χ3n) is 2.92. The molecule has 3 aromatic rings. The van der Waals surface area contributed by atoms with Crippen molar-refractivity contribution in [3.8, 4) is 5.69 Å². The van der Waals surface area contributed by atoms with Gasteiger partial charge in [-0.1, -0.05) is 17.7 Å². The lowest BCUT2D eigenvalue weighted by Gasteiger charge is -2.08. The second-order valence-electron chi connectivity index (χ2n) is 4.23. The molecule has 0 aliphatic carbocycles. The lowest BCUT2D eigenvalue weighted by molar-refractivity contribution is 0.844. The van der Waals surface area contributed by atoms with Gasteiger partial charge in [0.2, 0.25) is 0 Å². The summed E-state index contributed by atoms with van der Waals surface area (Å²) in [6.07, 6.45) is 2.46. The fourth-order valence-corrected chi connectivity index (χ4v) is 2.33. The largest absolute Gasteiger partial charge is 0.330 e. The van der Waals surface area contributed by atoms with Crippen molar-refractivity contribution in [3.63, 3.8) is 0 Å². The highest BCUT2D eigenvalue weighted by molar-refractivity contribution is 6.30. The minimum absolute atomic E-state index is 0.546. The topological polar surface area (TPSA) is 56.7 Å². The number of pyridine rings is 1. The molecule has 0 fully saturated rings. The number of halogens is 1. The number of fused-ring (bicyclic) bond motifs is 1. The molecular weight excluding hydrogens is 260 g/mol. The smallest absolute Gasteiger partial charge is 0.164 e. The summed E-state index contributed by atoms with van der Waals surface area (Å²) in [4.78, 5) is 8.99. The fourth-order valence-electron chi connectivity index (χ4n) is 2.14. The average Bonchev–Trinajstić information content (AvgIpc) is 2.77. The van der Waals surface area contributed by atoms with Gasteiger partial charge in [0.15, 0.2) is 5.65 Å². The third-order valence-corrected chi connectivity index (χ3v) is 3.15. The second kappa shape index (κ2) is 4.99. The quantitative estimate of drug-likeness (QED) is 0.797. The molecule has 3 rings (SSSR count). The number of hydrogen-bond acceptors (Lipinski definition) is 3. The van der Waals surface area contributed by atoms with Gasteiger partial charge < -0.3 is 5.73 Å². The highest BCUT2D eigenvalue weighted by Gasteiger charge is 2.12. The van der Waals surface area contributed by atoms with E-state index in [1.165, 1.54) is 0 Å². The van der Waals surface area contributed by atoms with Gasteiger partial charge in [0.05, 0.1) is 5.69 Å². The second-order valence-corrected chi connectivity index (χ2v) is 4.66. The molecule has 0 saturated heterocycles. The van der Waals surface area contributed by atoms with Gasteiger partial charge in [-0.05, 0) is 36.9 Å². The number of benzene rings is 1. The highest BCUT2D eigenvalue weighted by Crippen LogP contribution is 2.22. The van der Waals surface area contributed by atoms with E-state index in [4.69, 9.17) is 17.3 Å². The number of nitrogens with zero attached hydrogens (tertiary/aromatic N) is 3. The van der Waals surface area contributed by atoms with Crippen LogP contribution in [-0.4, -0.2) is 21.1 Å². The maximum Gasteiger partial charge on any atom is 0.164 e. The fraction of sp³-hybridized carbons (Fsp3) is 0.143. The van der Waals surface area contributed by atoms with Crippen LogP contribution in [0.2, 0.25) is 5.02 Å². The Labute approximate surface area is 115 Å². The van der Waals surface area contributed by atoms with Crippen LogP contribution >= 0.6 is 11.6 Å². The van der Waals surface area contributed by atoms with Gasteiger partial charge in [-0.3, -0.25) is 4.57 Å². The van der Waals surface area contributed by atoms with Crippen LogP contribution in [0.25, 0.3) is 16.9 Å². The number of aromatic nitrogens is 3. The van der Waals surface area contributed by atoms with Crippen molar-refractivity contribution in [3.05, 3.63) is 53.4 Å². The van der Waals surface area contributed by atoms with E-state index in [0.717, 1.165) is 22.7 Å². The Hall–Kier alpha value is -1.91. The van der Waals surface area contributed by atoms with Crippen molar-refractivity contribution >= 4 is 22.8 Å². The van der Waals surface area contributed by atoms with E-state index in [1.807, 2.05) is 41.0 Å². The predicted octanol–water partition coefficient (Wildman–Crippen LogP) is 2.58. The van der Waals surface area contributed by atoms with Gasteiger partial charge in [0, 0.05) is 17.6 Å². The molecule has 4 nitrogen and oxygen atoms in total.